The van der Waals surface area contributed by atoms with Crippen LogP contribution in [0, 0.1) is 6.92 Å². The highest BCUT2D eigenvalue weighted by molar-refractivity contribution is 14.0. The van der Waals surface area contributed by atoms with Gasteiger partial charge in [-0.3, -0.25) is 4.99 Å². The Hall–Kier alpha value is -2.16. The molecule has 7 heteroatoms. The van der Waals surface area contributed by atoms with E-state index in [1.807, 2.05) is 37.3 Å². The van der Waals surface area contributed by atoms with Gasteiger partial charge in [0, 0.05) is 31.8 Å². The predicted molar refractivity (Wildman–Crippen MR) is 120 cm³/mol. The summed E-state index contributed by atoms with van der Waals surface area (Å²) in [4.78, 5) is 4.27. The standard InChI is InChI=1S/C20H27N3O3.HI/c1-14-10-15(6-9-18(14)25-4)12-22-20(21-2)23-13-16-7-8-17(24-3)11-19(16)26-5;/h6-11H,12-13H2,1-5H3,(H2,21,22,23);1H. The highest BCUT2D eigenvalue weighted by Crippen LogP contribution is 2.24. The van der Waals surface area contributed by atoms with Gasteiger partial charge in [-0.15, -0.1) is 24.0 Å². The van der Waals surface area contributed by atoms with Crippen LogP contribution in [0.5, 0.6) is 17.2 Å². The molecular formula is C20H28IN3O3. The Morgan fingerprint density at radius 1 is 0.889 bits per heavy atom. The molecule has 0 aliphatic heterocycles. The maximum Gasteiger partial charge on any atom is 0.191 e. The predicted octanol–water partition coefficient (Wildman–Crippen LogP) is 3.50. The third kappa shape index (κ3) is 6.50. The molecule has 2 rings (SSSR count). The van der Waals surface area contributed by atoms with E-state index in [0.717, 1.165) is 39.9 Å². The number of hydrogen-bond donors (Lipinski definition) is 2. The summed E-state index contributed by atoms with van der Waals surface area (Å²) in [5.74, 6) is 3.15. The van der Waals surface area contributed by atoms with Crippen molar-refractivity contribution in [3.63, 3.8) is 0 Å². The lowest BCUT2D eigenvalue weighted by molar-refractivity contribution is 0.390. The summed E-state index contributed by atoms with van der Waals surface area (Å²) in [6, 6.07) is 11.9. The molecule has 0 atom stereocenters. The first-order valence-corrected chi connectivity index (χ1v) is 8.40. The molecule has 148 valence electrons. The zero-order chi connectivity index (χ0) is 18.9. The van der Waals surface area contributed by atoms with Gasteiger partial charge in [0.25, 0.3) is 0 Å². The van der Waals surface area contributed by atoms with Gasteiger partial charge in [0.15, 0.2) is 5.96 Å². The van der Waals surface area contributed by atoms with E-state index in [-0.39, 0.29) is 24.0 Å². The molecule has 0 saturated carbocycles. The van der Waals surface area contributed by atoms with Crippen LogP contribution in [0.4, 0.5) is 0 Å². The SMILES string of the molecule is CN=C(NCc1ccc(OC)c(C)c1)NCc1ccc(OC)cc1OC.I. The van der Waals surface area contributed by atoms with Gasteiger partial charge in [-0.25, -0.2) is 0 Å². The fraction of sp³-hybridized carbons (Fsp3) is 0.350. The summed E-state index contributed by atoms with van der Waals surface area (Å²) in [5, 5.41) is 6.61. The van der Waals surface area contributed by atoms with Crippen LogP contribution in [0.15, 0.2) is 41.4 Å². The van der Waals surface area contributed by atoms with Crippen LogP contribution >= 0.6 is 24.0 Å². The Kier molecular flexibility index (Phi) is 9.77. The number of rotatable bonds is 7. The molecule has 2 aromatic rings. The Labute approximate surface area is 178 Å². The number of methoxy groups -OCH3 is 3. The normalized spacial score (nSPS) is 10.6. The molecule has 0 aliphatic rings. The van der Waals surface area contributed by atoms with Crippen molar-refractivity contribution in [2.24, 2.45) is 4.99 Å². The van der Waals surface area contributed by atoms with Gasteiger partial charge in [0.2, 0.25) is 0 Å². The lowest BCUT2D eigenvalue weighted by atomic mass is 10.1. The molecule has 0 aromatic heterocycles. The number of aliphatic imine (C=N–C) groups is 1. The van der Waals surface area contributed by atoms with Gasteiger partial charge in [-0.2, -0.15) is 0 Å². The minimum atomic E-state index is 0. The molecule has 0 heterocycles. The molecule has 0 saturated heterocycles. The Morgan fingerprint density at radius 2 is 1.59 bits per heavy atom. The van der Waals surface area contributed by atoms with E-state index >= 15 is 0 Å². The molecule has 0 amide bonds. The molecule has 6 nitrogen and oxygen atoms in total. The maximum absolute atomic E-state index is 5.43. The zero-order valence-electron chi connectivity index (χ0n) is 16.5. The Bertz CT molecular complexity index is 766. The van der Waals surface area contributed by atoms with Crippen molar-refractivity contribution in [2.75, 3.05) is 28.4 Å². The van der Waals surface area contributed by atoms with E-state index < -0.39 is 0 Å². The zero-order valence-corrected chi connectivity index (χ0v) is 18.8. The smallest absolute Gasteiger partial charge is 0.191 e. The molecule has 2 N–H and O–H groups in total. The van der Waals surface area contributed by atoms with Crippen molar-refractivity contribution >= 4 is 29.9 Å². The van der Waals surface area contributed by atoms with E-state index in [0.29, 0.717) is 13.1 Å². The minimum absolute atomic E-state index is 0. The van der Waals surface area contributed by atoms with Gasteiger partial charge >= 0.3 is 0 Å². The van der Waals surface area contributed by atoms with Crippen molar-refractivity contribution in [2.45, 2.75) is 20.0 Å². The summed E-state index contributed by atoms with van der Waals surface area (Å²) in [5.41, 5.74) is 3.29. The van der Waals surface area contributed by atoms with Crippen LogP contribution < -0.4 is 24.8 Å². The number of benzene rings is 2. The second-order valence-corrected chi connectivity index (χ2v) is 5.76. The maximum atomic E-state index is 5.43. The van der Waals surface area contributed by atoms with Crippen LogP contribution in [0.3, 0.4) is 0 Å². The lowest BCUT2D eigenvalue weighted by Gasteiger charge is -2.15. The quantitative estimate of drug-likeness (QED) is 0.357. The third-order valence-electron chi connectivity index (χ3n) is 4.08. The number of guanidine groups is 1. The van der Waals surface area contributed by atoms with Gasteiger partial charge in [0.05, 0.1) is 21.3 Å². The second-order valence-electron chi connectivity index (χ2n) is 5.76. The third-order valence-corrected chi connectivity index (χ3v) is 4.08. The van der Waals surface area contributed by atoms with Crippen molar-refractivity contribution in [1.29, 1.82) is 0 Å². The van der Waals surface area contributed by atoms with Gasteiger partial charge in [-0.05, 0) is 36.2 Å². The van der Waals surface area contributed by atoms with Crippen molar-refractivity contribution in [1.82, 2.24) is 10.6 Å². The summed E-state index contributed by atoms with van der Waals surface area (Å²) < 4.78 is 15.9. The van der Waals surface area contributed by atoms with Crippen LogP contribution in [-0.4, -0.2) is 34.3 Å². The molecule has 27 heavy (non-hydrogen) atoms. The van der Waals surface area contributed by atoms with E-state index in [1.165, 1.54) is 0 Å². The highest BCUT2D eigenvalue weighted by atomic mass is 127. The molecule has 2 aromatic carbocycles. The molecule has 0 fully saturated rings. The summed E-state index contributed by atoms with van der Waals surface area (Å²) >= 11 is 0. The number of ether oxygens (including phenoxy) is 3. The highest BCUT2D eigenvalue weighted by Gasteiger charge is 2.07. The number of aryl methyl sites for hydroxylation is 1. The minimum Gasteiger partial charge on any atom is -0.497 e. The van der Waals surface area contributed by atoms with E-state index in [1.54, 1.807) is 28.4 Å². The largest absolute Gasteiger partial charge is 0.497 e. The number of halogens is 1. The first kappa shape index (κ1) is 22.9. The van der Waals surface area contributed by atoms with Crippen molar-refractivity contribution in [3.8, 4) is 17.2 Å². The number of nitrogens with one attached hydrogen (secondary N) is 2. The summed E-state index contributed by atoms with van der Waals surface area (Å²) in [7, 11) is 6.72. The topological polar surface area (TPSA) is 64.1 Å². The molecule has 0 spiro atoms. The molecule has 0 radical (unpaired) electrons. The van der Waals surface area contributed by atoms with Crippen molar-refractivity contribution < 1.29 is 14.2 Å². The van der Waals surface area contributed by atoms with E-state index in [4.69, 9.17) is 14.2 Å². The van der Waals surface area contributed by atoms with E-state index in [9.17, 15) is 0 Å². The molecule has 0 bridgehead atoms. The fourth-order valence-corrected chi connectivity index (χ4v) is 2.63. The number of nitrogens with zero attached hydrogens (tertiary/aromatic N) is 1. The van der Waals surface area contributed by atoms with E-state index in [2.05, 4.69) is 21.7 Å². The Morgan fingerprint density at radius 3 is 2.19 bits per heavy atom. The van der Waals surface area contributed by atoms with Crippen LogP contribution in [-0.2, 0) is 13.1 Å². The van der Waals surface area contributed by atoms with Crippen LogP contribution in [0.1, 0.15) is 16.7 Å². The monoisotopic (exact) mass is 485 g/mol. The molecule has 0 aliphatic carbocycles. The molecule has 0 unspecified atom stereocenters. The van der Waals surface area contributed by atoms with Gasteiger partial charge in [-0.1, -0.05) is 12.1 Å². The Balaban J connectivity index is 0.00000364. The summed E-state index contributed by atoms with van der Waals surface area (Å²) in [6.45, 7) is 3.30. The second kappa shape index (κ2) is 11.5. The number of hydrogen-bond acceptors (Lipinski definition) is 4. The average Bonchev–Trinajstić information content (AvgIpc) is 2.68. The fourth-order valence-electron chi connectivity index (χ4n) is 2.63. The van der Waals surface area contributed by atoms with Crippen LogP contribution in [0.25, 0.3) is 0 Å². The van der Waals surface area contributed by atoms with Crippen molar-refractivity contribution in [3.05, 3.63) is 53.1 Å². The average molecular weight is 485 g/mol. The van der Waals surface area contributed by atoms with Crippen LogP contribution in [0.2, 0.25) is 0 Å². The lowest BCUT2D eigenvalue weighted by Crippen LogP contribution is -2.36. The molecular weight excluding hydrogens is 457 g/mol. The first-order valence-electron chi connectivity index (χ1n) is 8.40. The van der Waals surface area contributed by atoms with Gasteiger partial charge < -0.3 is 24.8 Å². The summed E-state index contributed by atoms with van der Waals surface area (Å²) in [6.07, 6.45) is 0. The first-order chi connectivity index (χ1) is 12.6. The van der Waals surface area contributed by atoms with Gasteiger partial charge in [0.1, 0.15) is 17.2 Å².